The first-order valence-corrected chi connectivity index (χ1v) is 12.3. The van der Waals surface area contributed by atoms with Gasteiger partial charge in [0, 0.05) is 36.6 Å². The maximum Gasteiger partial charge on any atom is 0.239 e. The predicted octanol–water partition coefficient (Wildman–Crippen LogP) is 3.42. The highest BCUT2D eigenvalue weighted by atomic mass is 16.2. The van der Waals surface area contributed by atoms with Gasteiger partial charge in [-0.3, -0.25) is 14.3 Å². The van der Waals surface area contributed by atoms with E-state index in [1.165, 1.54) is 4.68 Å². The number of carbonyl (C=O) groups excluding carboxylic acids is 2. The van der Waals surface area contributed by atoms with E-state index in [0.29, 0.717) is 24.5 Å². The first-order valence-electron chi connectivity index (χ1n) is 12.3. The Morgan fingerprint density at radius 3 is 2.39 bits per heavy atom. The Hall–Kier alpha value is -4.81. The summed E-state index contributed by atoms with van der Waals surface area (Å²) in [6.07, 6.45) is 5.00. The van der Waals surface area contributed by atoms with Crippen LogP contribution in [0.4, 0.5) is 5.82 Å². The molecule has 0 aliphatic carbocycles. The van der Waals surface area contributed by atoms with Crippen LogP contribution in [-0.2, 0) is 16.1 Å². The number of nitrogens with two attached hydrogens (primary N) is 1. The van der Waals surface area contributed by atoms with Gasteiger partial charge in [-0.2, -0.15) is 10.4 Å². The van der Waals surface area contributed by atoms with Gasteiger partial charge in [-0.05, 0) is 41.3 Å². The third-order valence-electron chi connectivity index (χ3n) is 6.23. The van der Waals surface area contributed by atoms with E-state index in [0.717, 1.165) is 22.3 Å². The SMILES string of the molecule is C[C@H](CNCC(C(=O)Nc1ccc(-c2cnn(CC(N)=O)c2)cn1)c1ccccc1)c1ccc(C#N)cc1. The summed E-state index contributed by atoms with van der Waals surface area (Å²) in [6, 6.07) is 22.9. The van der Waals surface area contributed by atoms with Gasteiger partial charge in [0.1, 0.15) is 12.4 Å². The van der Waals surface area contributed by atoms with Crippen LogP contribution >= 0.6 is 0 Å². The van der Waals surface area contributed by atoms with Gasteiger partial charge in [0.2, 0.25) is 11.8 Å². The molecule has 0 saturated heterocycles. The lowest BCUT2D eigenvalue weighted by Gasteiger charge is -2.20. The highest BCUT2D eigenvalue weighted by Crippen LogP contribution is 2.22. The number of primary amides is 1. The third kappa shape index (κ3) is 6.90. The van der Waals surface area contributed by atoms with Crippen molar-refractivity contribution < 1.29 is 9.59 Å². The number of nitriles is 1. The van der Waals surface area contributed by atoms with Crippen molar-refractivity contribution in [1.82, 2.24) is 20.1 Å². The van der Waals surface area contributed by atoms with Crippen LogP contribution < -0.4 is 16.4 Å². The molecule has 0 saturated carbocycles. The number of hydrogen-bond acceptors (Lipinski definition) is 6. The zero-order valence-corrected chi connectivity index (χ0v) is 21.0. The molecule has 0 aliphatic heterocycles. The zero-order chi connectivity index (χ0) is 26.9. The number of benzene rings is 2. The van der Waals surface area contributed by atoms with E-state index in [9.17, 15) is 9.59 Å². The molecule has 2 amide bonds. The molecule has 0 radical (unpaired) electrons. The second-order valence-corrected chi connectivity index (χ2v) is 9.07. The standard InChI is InChI=1S/C29H29N7O2/c1-20(22-9-7-21(13-30)8-10-22)14-32-17-26(23-5-3-2-4-6-23)29(38)35-28-12-11-24(15-33-28)25-16-34-36(18-25)19-27(31)37/h2-12,15-16,18,20,26,32H,14,17,19H2,1H3,(H2,31,37)(H,33,35,38)/t20-,26?/m1/s1. The Morgan fingerprint density at radius 2 is 1.74 bits per heavy atom. The van der Waals surface area contributed by atoms with Gasteiger partial charge in [0.25, 0.3) is 0 Å². The molecule has 1 unspecified atom stereocenters. The van der Waals surface area contributed by atoms with Crippen molar-refractivity contribution in [3.8, 4) is 17.2 Å². The molecule has 4 rings (SSSR count). The molecule has 2 aromatic heterocycles. The zero-order valence-electron chi connectivity index (χ0n) is 21.0. The second-order valence-electron chi connectivity index (χ2n) is 9.07. The Kier molecular flexibility index (Phi) is 8.59. The molecule has 2 atom stereocenters. The van der Waals surface area contributed by atoms with Gasteiger partial charge in [-0.1, -0.05) is 49.4 Å². The van der Waals surface area contributed by atoms with Gasteiger partial charge in [-0.25, -0.2) is 4.98 Å². The number of pyridine rings is 1. The summed E-state index contributed by atoms with van der Waals surface area (Å²) >= 11 is 0. The van der Waals surface area contributed by atoms with E-state index in [4.69, 9.17) is 11.0 Å². The first-order chi connectivity index (χ1) is 18.4. The highest BCUT2D eigenvalue weighted by molar-refractivity contribution is 5.95. The molecule has 9 nitrogen and oxygen atoms in total. The van der Waals surface area contributed by atoms with Crippen LogP contribution in [0.25, 0.3) is 11.1 Å². The molecule has 4 N–H and O–H groups in total. The van der Waals surface area contributed by atoms with Crippen LogP contribution in [0.1, 0.15) is 35.4 Å². The van der Waals surface area contributed by atoms with Crippen LogP contribution in [-0.4, -0.2) is 39.7 Å². The number of hydrogen-bond donors (Lipinski definition) is 3. The minimum atomic E-state index is -0.470. The molecule has 2 aromatic carbocycles. The van der Waals surface area contributed by atoms with Gasteiger partial charge in [-0.15, -0.1) is 0 Å². The van der Waals surface area contributed by atoms with Crippen molar-refractivity contribution in [2.24, 2.45) is 5.73 Å². The molecular formula is C29H29N7O2. The number of anilines is 1. The fourth-order valence-electron chi connectivity index (χ4n) is 4.11. The lowest BCUT2D eigenvalue weighted by atomic mass is 9.96. The van der Waals surface area contributed by atoms with Gasteiger partial charge in [0.05, 0.1) is 23.7 Å². The molecule has 0 fully saturated rings. The van der Waals surface area contributed by atoms with E-state index in [1.54, 1.807) is 24.7 Å². The Labute approximate surface area is 221 Å². The summed E-state index contributed by atoms with van der Waals surface area (Å²) in [7, 11) is 0. The minimum Gasteiger partial charge on any atom is -0.368 e. The van der Waals surface area contributed by atoms with Crippen LogP contribution in [0.3, 0.4) is 0 Å². The quantitative estimate of drug-likeness (QED) is 0.284. The van der Waals surface area contributed by atoms with E-state index in [-0.39, 0.29) is 18.4 Å². The third-order valence-corrected chi connectivity index (χ3v) is 6.23. The molecule has 9 heteroatoms. The largest absolute Gasteiger partial charge is 0.368 e. The molecule has 2 heterocycles. The van der Waals surface area contributed by atoms with E-state index < -0.39 is 11.8 Å². The van der Waals surface area contributed by atoms with Gasteiger partial charge >= 0.3 is 0 Å². The average molecular weight is 508 g/mol. The van der Waals surface area contributed by atoms with Crippen LogP contribution in [0, 0.1) is 11.3 Å². The lowest BCUT2D eigenvalue weighted by molar-refractivity contribution is -0.119. The van der Waals surface area contributed by atoms with Crippen molar-refractivity contribution >= 4 is 17.6 Å². The maximum atomic E-state index is 13.3. The summed E-state index contributed by atoms with van der Waals surface area (Å²) in [6.45, 7) is 3.24. The smallest absolute Gasteiger partial charge is 0.239 e. The maximum absolute atomic E-state index is 13.3. The molecule has 192 valence electrons. The first kappa shape index (κ1) is 26.3. The predicted molar refractivity (Wildman–Crippen MR) is 145 cm³/mol. The number of nitrogens with one attached hydrogen (secondary N) is 2. The summed E-state index contributed by atoms with van der Waals surface area (Å²) in [5.41, 5.74) is 9.48. The van der Waals surface area contributed by atoms with Crippen LogP contribution in [0.15, 0.2) is 85.3 Å². The number of carbonyl (C=O) groups is 2. The lowest BCUT2D eigenvalue weighted by Crippen LogP contribution is -2.32. The second kappa shape index (κ2) is 12.4. The molecule has 0 spiro atoms. The monoisotopic (exact) mass is 507 g/mol. The van der Waals surface area contributed by atoms with Crippen LogP contribution in [0.5, 0.6) is 0 Å². The fourth-order valence-corrected chi connectivity index (χ4v) is 4.11. The Bertz CT molecular complexity index is 1410. The number of nitrogens with zero attached hydrogens (tertiary/aromatic N) is 4. The molecule has 0 aliphatic rings. The molecule has 4 aromatic rings. The van der Waals surface area contributed by atoms with Crippen LogP contribution in [0.2, 0.25) is 0 Å². The topological polar surface area (TPSA) is 139 Å². The summed E-state index contributed by atoms with van der Waals surface area (Å²) in [5, 5.41) is 19.5. The van der Waals surface area contributed by atoms with E-state index in [1.807, 2.05) is 60.7 Å². The number of aromatic nitrogens is 3. The highest BCUT2D eigenvalue weighted by Gasteiger charge is 2.21. The fraction of sp³-hybridized carbons (Fsp3) is 0.207. The number of rotatable bonds is 11. The van der Waals surface area contributed by atoms with Crippen molar-refractivity contribution in [2.75, 3.05) is 18.4 Å². The van der Waals surface area contributed by atoms with Crippen molar-refractivity contribution in [2.45, 2.75) is 25.3 Å². The van der Waals surface area contributed by atoms with Crippen molar-refractivity contribution in [3.05, 3.63) is 102 Å². The molecule has 0 bridgehead atoms. The average Bonchev–Trinajstić information content (AvgIpc) is 3.39. The molecule has 38 heavy (non-hydrogen) atoms. The van der Waals surface area contributed by atoms with E-state index in [2.05, 4.69) is 33.7 Å². The minimum absolute atomic E-state index is 0.00271. The number of amides is 2. The molecular weight excluding hydrogens is 478 g/mol. The van der Waals surface area contributed by atoms with Crippen molar-refractivity contribution in [3.63, 3.8) is 0 Å². The summed E-state index contributed by atoms with van der Waals surface area (Å²) in [4.78, 5) is 28.8. The van der Waals surface area contributed by atoms with Crippen molar-refractivity contribution in [1.29, 1.82) is 5.26 Å². The van der Waals surface area contributed by atoms with Gasteiger partial charge in [0.15, 0.2) is 0 Å². The Balaban J connectivity index is 1.39. The van der Waals surface area contributed by atoms with Gasteiger partial charge < -0.3 is 16.4 Å². The summed E-state index contributed by atoms with van der Waals surface area (Å²) in [5.74, 6) is -0.400. The Morgan fingerprint density at radius 1 is 0.974 bits per heavy atom. The summed E-state index contributed by atoms with van der Waals surface area (Å²) < 4.78 is 1.47. The normalized spacial score (nSPS) is 12.3. The van der Waals surface area contributed by atoms with E-state index >= 15 is 0 Å².